The molecule has 0 saturated carbocycles. The predicted molar refractivity (Wildman–Crippen MR) is 73.8 cm³/mol. The first kappa shape index (κ1) is 11.6. The van der Waals surface area contributed by atoms with Crippen molar-refractivity contribution in [3.05, 3.63) is 40.8 Å². The monoisotopic (exact) mass is 307 g/mol. The standard InChI is InChI=1S/C13H14BrN3O/c14-12-13-15-7-4-8-17(13)11(16-12)9-18-10-5-2-1-3-6-10/h1-3,5-6,15H,4,7-9H2. The fraction of sp³-hybridized carbons (Fsp3) is 0.308. The van der Waals surface area contributed by atoms with E-state index in [9.17, 15) is 0 Å². The van der Waals surface area contributed by atoms with Crippen LogP contribution in [0.25, 0.3) is 0 Å². The van der Waals surface area contributed by atoms with Crippen molar-refractivity contribution in [2.45, 2.75) is 19.6 Å². The fourth-order valence-corrected chi connectivity index (χ4v) is 2.65. The average Bonchev–Trinajstić information content (AvgIpc) is 2.75. The maximum Gasteiger partial charge on any atom is 0.149 e. The third-order valence-electron chi connectivity index (χ3n) is 2.97. The van der Waals surface area contributed by atoms with Gasteiger partial charge in [-0.1, -0.05) is 18.2 Å². The highest BCUT2D eigenvalue weighted by Gasteiger charge is 2.18. The van der Waals surface area contributed by atoms with Gasteiger partial charge in [0.15, 0.2) is 0 Å². The number of fused-ring (bicyclic) bond motifs is 1. The molecule has 94 valence electrons. The summed E-state index contributed by atoms with van der Waals surface area (Å²) >= 11 is 3.48. The Kier molecular flexibility index (Phi) is 3.23. The fourth-order valence-electron chi connectivity index (χ4n) is 2.10. The van der Waals surface area contributed by atoms with Gasteiger partial charge in [-0.3, -0.25) is 0 Å². The molecule has 0 bridgehead atoms. The van der Waals surface area contributed by atoms with Gasteiger partial charge >= 0.3 is 0 Å². The number of anilines is 1. The highest BCUT2D eigenvalue weighted by Crippen LogP contribution is 2.27. The van der Waals surface area contributed by atoms with Gasteiger partial charge in [-0.15, -0.1) is 0 Å². The van der Waals surface area contributed by atoms with E-state index in [2.05, 4.69) is 30.8 Å². The molecule has 3 rings (SSSR count). The summed E-state index contributed by atoms with van der Waals surface area (Å²) in [5, 5.41) is 3.35. The summed E-state index contributed by atoms with van der Waals surface area (Å²) in [7, 11) is 0. The maximum absolute atomic E-state index is 5.74. The van der Waals surface area contributed by atoms with Crippen LogP contribution in [-0.4, -0.2) is 16.1 Å². The van der Waals surface area contributed by atoms with Crippen LogP contribution in [0.2, 0.25) is 0 Å². The number of halogens is 1. The summed E-state index contributed by atoms with van der Waals surface area (Å²) in [6.45, 7) is 2.49. The molecule has 0 radical (unpaired) electrons. The van der Waals surface area contributed by atoms with Gasteiger partial charge in [0, 0.05) is 13.1 Å². The van der Waals surface area contributed by atoms with E-state index in [0.717, 1.165) is 41.5 Å². The topological polar surface area (TPSA) is 39.1 Å². The highest BCUT2D eigenvalue weighted by molar-refractivity contribution is 9.10. The molecule has 1 aromatic heterocycles. The number of hydrogen-bond acceptors (Lipinski definition) is 3. The van der Waals surface area contributed by atoms with E-state index in [-0.39, 0.29) is 0 Å². The minimum Gasteiger partial charge on any atom is -0.486 e. The van der Waals surface area contributed by atoms with Crippen LogP contribution in [0.1, 0.15) is 12.2 Å². The van der Waals surface area contributed by atoms with Gasteiger partial charge < -0.3 is 14.6 Å². The molecular formula is C13H14BrN3O. The van der Waals surface area contributed by atoms with Crippen LogP contribution >= 0.6 is 15.9 Å². The molecule has 1 N–H and O–H groups in total. The number of para-hydroxylation sites is 1. The van der Waals surface area contributed by atoms with Crippen molar-refractivity contribution in [1.29, 1.82) is 0 Å². The molecule has 2 heterocycles. The second-order valence-electron chi connectivity index (χ2n) is 4.20. The van der Waals surface area contributed by atoms with Gasteiger partial charge in [-0.25, -0.2) is 4.98 Å². The van der Waals surface area contributed by atoms with Crippen molar-refractivity contribution in [2.24, 2.45) is 0 Å². The number of rotatable bonds is 3. The van der Waals surface area contributed by atoms with Crippen LogP contribution in [0.3, 0.4) is 0 Å². The Morgan fingerprint density at radius 1 is 1.33 bits per heavy atom. The van der Waals surface area contributed by atoms with Gasteiger partial charge in [0.25, 0.3) is 0 Å². The molecular weight excluding hydrogens is 294 g/mol. The summed E-state index contributed by atoms with van der Waals surface area (Å²) in [6.07, 6.45) is 1.12. The number of nitrogens with zero attached hydrogens (tertiary/aromatic N) is 2. The summed E-state index contributed by atoms with van der Waals surface area (Å²) in [4.78, 5) is 4.50. The smallest absolute Gasteiger partial charge is 0.149 e. The predicted octanol–water partition coefficient (Wildman–Crippen LogP) is 3.04. The summed E-state index contributed by atoms with van der Waals surface area (Å²) in [5.74, 6) is 2.88. The van der Waals surface area contributed by atoms with Crippen molar-refractivity contribution in [2.75, 3.05) is 11.9 Å². The zero-order valence-electron chi connectivity index (χ0n) is 9.90. The van der Waals surface area contributed by atoms with Crippen LogP contribution in [0.15, 0.2) is 34.9 Å². The Hall–Kier alpha value is -1.49. The van der Waals surface area contributed by atoms with Crippen molar-refractivity contribution in [3.63, 3.8) is 0 Å². The second-order valence-corrected chi connectivity index (χ2v) is 4.95. The minimum atomic E-state index is 0.490. The molecule has 0 amide bonds. The molecule has 1 aromatic carbocycles. The largest absolute Gasteiger partial charge is 0.486 e. The molecule has 0 atom stereocenters. The van der Waals surface area contributed by atoms with Gasteiger partial charge in [-0.05, 0) is 34.5 Å². The lowest BCUT2D eigenvalue weighted by molar-refractivity contribution is 0.288. The molecule has 4 nitrogen and oxygen atoms in total. The average molecular weight is 308 g/mol. The lowest BCUT2D eigenvalue weighted by Crippen LogP contribution is -2.19. The highest BCUT2D eigenvalue weighted by atomic mass is 79.9. The van der Waals surface area contributed by atoms with Crippen molar-refractivity contribution in [1.82, 2.24) is 9.55 Å². The summed E-state index contributed by atoms with van der Waals surface area (Å²) in [6, 6.07) is 9.81. The van der Waals surface area contributed by atoms with Gasteiger partial charge in [0.1, 0.15) is 28.6 Å². The van der Waals surface area contributed by atoms with E-state index in [1.54, 1.807) is 0 Å². The molecule has 0 fully saturated rings. The SMILES string of the molecule is Brc1nc(COc2ccccc2)n2c1NCCC2. The number of benzene rings is 1. The zero-order valence-corrected chi connectivity index (χ0v) is 11.5. The lowest BCUT2D eigenvalue weighted by Gasteiger charge is -2.18. The third kappa shape index (κ3) is 2.22. The number of hydrogen-bond donors (Lipinski definition) is 1. The Balaban J connectivity index is 1.77. The molecule has 0 spiro atoms. The van der Waals surface area contributed by atoms with Gasteiger partial charge in [0.2, 0.25) is 0 Å². The van der Waals surface area contributed by atoms with E-state index < -0.39 is 0 Å². The van der Waals surface area contributed by atoms with Crippen LogP contribution in [0.5, 0.6) is 5.75 Å². The van der Waals surface area contributed by atoms with E-state index in [4.69, 9.17) is 4.74 Å². The number of aromatic nitrogens is 2. The van der Waals surface area contributed by atoms with Crippen LogP contribution < -0.4 is 10.1 Å². The third-order valence-corrected chi connectivity index (χ3v) is 3.52. The van der Waals surface area contributed by atoms with E-state index in [0.29, 0.717) is 6.61 Å². The quantitative estimate of drug-likeness (QED) is 0.947. The lowest BCUT2D eigenvalue weighted by atomic mass is 10.3. The van der Waals surface area contributed by atoms with Crippen LogP contribution in [-0.2, 0) is 13.2 Å². The second kappa shape index (κ2) is 5.02. The van der Waals surface area contributed by atoms with Crippen molar-refractivity contribution < 1.29 is 4.74 Å². The van der Waals surface area contributed by atoms with Crippen molar-refractivity contribution >= 4 is 21.7 Å². The first-order valence-electron chi connectivity index (χ1n) is 6.01. The summed E-state index contributed by atoms with van der Waals surface area (Å²) < 4.78 is 8.79. The molecule has 2 aromatic rings. The van der Waals surface area contributed by atoms with E-state index >= 15 is 0 Å². The maximum atomic E-state index is 5.74. The normalized spacial score (nSPS) is 13.8. The van der Waals surface area contributed by atoms with Gasteiger partial charge in [0.05, 0.1) is 0 Å². The molecule has 1 aliphatic heterocycles. The molecule has 0 aliphatic carbocycles. The van der Waals surface area contributed by atoms with E-state index in [1.165, 1.54) is 0 Å². The molecule has 5 heteroatoms. The molecule has 0 saturated heterocycles. The number of imidazole rings is 1. The zero-order chi connectivity index (χ0) is 12.4. The Morgan fingerprint density at radius 3 is 3.00 bits per heavy atom. The first-order chi connectivity index (χ1) is 8.84. The molecule has 1 aliphatic rings. The number of nitrogens with one attached hydrogen (secondary N) is 1. The Labute approximate surface area is 114 Å². The van der Waals surface area contributed by atoms with Crippen LogP contribution in [0.4, 0.5) is 5.82 Å². The number of ether oxygens (including phenoxy) is 1. The van der Waals surface area contributed by atoms with E-state index in [1.807, 2.05) is 30.3 Å². The minimum absolute atomic E-state index is 0.490. The molecule has 18 heavy (non-hydrogen) atoms. The summed E-state index contributed by atoms with van der Waals surface area (Å²) in [5.41, 5.74) is 0. The first-order valence-corrected chi connectivity index (χ1v) is 6.80. The van der Waals surface area contributed by atoms with Crippen molar-refractivity contribution in [3.8, 4) is 5.75 Å². The Morgan fingerprint density at radius 2 is 2.17 bits per heavy atom. The van der Waals surface area contributed by atoms with Gasteiger partial charge in [-0.2, -0.15) is 0 Å². The molecule has 0 unspecified atom stereocenters. The Bertz CT molecular complexity index is 539. The van der Waals surface area contributed by atoms with Crippen LogP contribution in [0, 0.1) is 0 Å².